The van der Waals surface area contributed by atoms with Crippen molar-refractivity contribution in [1.82, 2.24) is 15.1 Å². The lowest BCUT2D eigenvalue weighted by atomic mass is 10.3. The standard InChI is InChI=1S/C9H10ClN5O/c10-6-3-7(11)9(13-4-6)12-2-1-8-14-5-15-16-8/h3-5H,1-2,11H2,(H,12,13). The molecule has 0 aliphatic carbocycles. The number of pyridine rings is 1. The third-order valence-electron chi connectivity index (χ3n) is 1.92. The summed E-state index contributed by atoms with van der Waals surface area (Å²) in [5, 5.41) is 7.08. The number of nitrogens with one attached hydrogen (secondary N) is 1. The first-order valence-electron chi connectivity index (χ1n) is 4.66. The summed E-state index contributed by atoms with van der Waals surface area (Å²) >= 11 is 5.73. The normalized spacial score (nSPS) is 10.3. The van der Waals surface area contributed by atoms with Crippen LogP contribution in [0.5, 0.6) is 0 Å². The number of nitrogens with zero attached hydrogens (tertiary/aromatic N) is 3. The van der Waals surface area contributed by atoms with Gasteiger partial charge < -0.3 is 15.6 Å². The van der Waals surface area contributed by atoms with Crippen molar-refractivity contribution in [3.05, 3.63) is 29.5 Å². The van der Waals surface area contributed by atoms with Gasteiger partial charge in [0.15, 0.2) is 6.33 Å². The predicted octanol–water partition coefficient (Wildman–Crippen LogP) is 1.35. The minimum atomic E-state index is 0.512. The van der Waals surface area contributed by atoms with Crippen LogP contribution in [0.1, 0.15) is 5.89 Å². The second kappa shape index (κ2) is 4.80. The van der Waals surface area contributed by atoms with Crippen LogP contribution in [0.2, 0.25) is 5.02 Å². The van der Waals surface area contributed by atoms with E-state index in [0.29, 0.717) is 35.4 Å². The zero-order chi connectivity index (χ0) is 11.4. The molecule has 0 radical (unpaired) electrons. The Labute approximate surface area is 96.8 Å². The molecule has 3 N–H and O–H groups in total. The molecule has 2 rings (SSSR count). The summed E-state index contributed by atoms with van der Waals surface area (Å²) in [6.07, 6.45) is 3.51. The molecule has 2 aromatic heterocycles. The Bertz CT molecular complexity index is 459. The van der Waals surface area contributed by atoms with Crippen molar-refractivity contribution in [3.63, 3.8) is 0 Å². The fraction of sp³-hybridized carbons (Fsp3) is 0.222. The smallest absolute Gasteiger partial charge is 0.228 e. The quantitative estimate of drug-likeness (QED) is 0.837. The highest BCUT2D eigenvalue weighted by Crippen LogP contribution is 2.18. The van der Waals surface area contributed by atoms with Gasteiger partial charge in [0.05, 0.1) is 10.7 Å². The van der Waals surface area contributed by atoms with E-state index >= 15 is 0 Å². The van der Waals surface area contributed by atoms with Crippen molar-refractivity contribution >= 4 is 23.1 Å². The fourth-order valence-corrected chi connectivity index (χ4v) is 1.36. The number of aromatic nitrogens is 3. The minimum absolute atomic E-state index is 0.512. The monoisotopic (exact) mass is 239 g/mol. The van der Waals surface area contributed by atoms with Gasteiger partial charge in [0.25, 0.3) is 0 Å². The molecular weight excluding hydrogens is 230 g/mol. The average molecular weight is 240 g/mol. The molecule has 2 aromatic rings. The predicted molar refractivity (Wildman–Crippen MR) is 60.2 cm³/mol. The first kappa shape index (κ1) is 10.7. The molecule has 0 fully saturated rings. The van der Waals surface area contributed by atoms with Crippen LogP contribution >= 0.6 is 11.6 Å². The Morgan fingerprint density at radius 1 is 1.44 bits per heavy atom. The highest BCUT2D eigenvalue weighted by atomic mass is 35.5. The number of halogens is 1. The maximum Gasteiger partial charge on any atom is 0.228 e. The number of hydrogen-bond donors (Lipinski definition) is 2. The van der Waals surface area contributed by atoms with Gasteiger partial charge >= 0.3 is 0 Å². The molecule has 0 saturated heterocycles. The van der Waals surface area contributed by atoms with Gasteiger partial charge in [-0.05, 0) is 6.07 Å². The molecule has 6 nitrogen and oxygen atoms in total. The van der Waals surface area contributed by atoms with Crippen molar-refractivity contribution in [1.29, 1.82) is 0 Å². The molecule has 0 atom stereocenters. The molecule has 0 aliphatic heterocycles. The van der Waals surface area contributed by atoms with Gasteiger partial charge in [-0.25, -0.2) is 4.98 Å². The van der Waals surface area contributed by atoms with Crippen LogP contribution in [0.4, 0.5) is 11.5 Å². The lowest BCUT2D eigenvalue weighted by Crippen LogP contribution is -2.08. The second-order valence-corrected chi connectivity index (χ2v) is 3.54. The summed E-state index contributed by atoms with van der Waals surface area (Å²) in [5.41, 5.74) is 6.23. The van der Waals surface area contributed by atoms with Crippen LogP contribution in [-0.4, -0.2) is 21.7 Å². The largest absolute Gasteiger partial charge is 0.396 e. The van der Waals surface area contributed by atoms with Crippen molar-refractivity contribution in [2.24, 2.45) is 0 Å². The maximum absolute atomic E-state index is 5.73. The number of anilines is 2. The zero-order valence-electron chi connectivity index (χ0n) is 8.35. The molecular formula is C9H10ClN5O. The van der Waals surface area contributed by atoms with Gasteiger partial charge in [-0.2, -0.15) is 4.98 Å². The molecule has 7 heteroatoms. The molecule has 0 saturated carbocycles. The summed E-state index contributed by atoms with van der Waals surface area (Å²) in [5.74, 6) is 1.17. The van der Waals surface area contributed by atoms with E-state index in [1.165, 1.54) is 12.5 Å². The van der Waals surface area contributed by atoms with E-state index in [2.05, 4.69) is 20.4 Å². The van der Waals surface area contributed by atoms with Crippen LogP contribution in [0.25, 0.3) is 0 Å². The van der Waals surface area contributed by atoms with Crippen LogP contribution < -0.4 is 11.1 Å². The summed E-state index contributed by atoms with van der Waals surface area (Å²) in [6, 6.07) is 1.64. The zero-order valence-corrected chi connectivity index (χ0v) is 9.11. The van der Waals surface area contributed by atoms with E-state index in [1.54, 1.807) is 6.07 Å². The molecule has 0 spiro atoms. The third kappa shape index (κ3) is 2.60. The van der Waals surface area contributed by atoms with E-state index in [-0.39, 0.29) is 0 Å². The summed E-state index contributed by atoms with van der Waals surface area (Å²) in [6.45, 7) is 0.612. The number of rotatable bonds is 4. The van der Waals surface area contributed by atoms with Gasteiger partial charge in [0.1, 0.15) is 5.82 Å². The molecule has 84 valence electrons. The fourth-order valence-electron chi connectivity index (χ4n) is 1.20. The molecule has 0 unspecified atom stereocenters. The van der Waals surface area contributed by atoms with Gasteiger partial charge in [-0.1, -0.05) is 16.8 Å². The number of nitrogen functional groups attached to an aromatic ring is 1. The van der Waals surface area contributed by atoms with Crippen LogP contribution in [0.15, 0.2) is 23.1 Å². The average Bonchev–Trinajstić information content (AvgIpc) is 2.74. The molecule has 0 aromatic carbocycles. The SMILES string of the molecule is Nc1cc(Cl)cnc1NCCc1ncno1. The van der Waals surface area contributed by atoms with Crippen molar-refractivity contribution in [2.45, 2.75) is 6.42 Å². The van der Waals surface area contributed by atoms with Crippen molar-refractivity contribution in [3.8, 4) is 0 Å². The van der Waals surface area contributed by atoms with Crippen LogP contribution in [-0.2, 0) is 6.42 Å². The summed E-state index contributed by atoms with van der Waals surface area (Å²) in [7, 11) is 0. The Morgan fingerprint density at radius 2 is 2.31 bits per heavy atom. The Balaban J connectivity index is 1.90. The van der Waals surface area contributed by atoms with E-state index in [4.69, 9.17) is 21.9 Å². The maximum atomic E-state index is 5.73. The lowest BCUT2D eigenvalue weighted by Gasteiger charge is -2.06. The van der Waals surface area contributed by atoms with Crippen molar-refractivity contribution in [2.75, 3.05) is 17.6 Å². The van der Waals surface area contributed by atoms with E-state index < -0.39 is 0 Å². The van der Waals surface area contributed by atoms with Crippen molar-refractivity contribution < 1.29 is 4.52 Å². The van der Waals surface area contributed by atoms with Crippen LogP contribution in [0.3, 0.4) is 0 Å². The Morgan fingerprint density at radius 3 is 3.00 bits per heavy atom. The lowest BCUT2D eigenvalue weighted by molar-refractivity contribution is 0.379. The number of nitrogens with two attached hydrogens (primary N) is 1. The topological polar surface area (TPSA) is 89.9 Å². The first-order valence-corrected chi connectivity index (χ1v) is 5.04. The van der Waals surface area contributed by atoms with Gasteiger partial charge in [0.2, 0.25) is 5.89 Å². The van der Waals surface area contributed by atoms with E-state index in [0.717, 1.165) is 0 Å². The van der Waals surface area contributed by atoms with E-state index in [1.807, 2.05) is 0 Å². The Kier molecular flexibility index (Phi) is 3.21. The first-order chi connectivity index (χ1) is 7.75. The second-order valence-electron chi connectivity index (χ2n) is 3.10. The third-order valence-corrected chi connectivity index (χ3v) is 2.13. The molecule has 0 bridgehead atoms. The van der Waals surface area contributed by atoms with E-state index in [9.17, 15) is 0 Å². The summed E-state index contributed by atoms with van der Waals surface area (Å²) < 4.78 is 4.85. The molecule has 2 heterocycles. The van der Waals surface area contributed by atoms with Gasteiger partial charge in [-0.3, -0.25) is 0 Å². The minimum Gasteiger partial charge on any atom is -0.396 e. The van der Waals surface area contributed by atoms with Gasteiger partial charge in [0, 0.05) is 19.2 Å². The van der Waals surface area contributed by atoms with Crippen LogP contribution in [0, 0.1) is 0 Å². The Hall–Kier alpha value is -1.82. The highest BCUT2D eigenvalue weighted by Gasteiger charge is 2.02. The molecule has 0 amide bonds. The molecule has 16 heavy (non-hydrogen) atoms. The number of hydrogen-bond acceptors (Lipinski definition) is 6. The highest BCUT2D eigenvalue weighted by molar-refractivity contribution is 6.30. The molecule has 0 aliphatic rings. The van der Waals surface area contributed by atoms with Gasteiger partial charge in [-0.15, -0.1) is 0 Å². The summed E-state index contributed by atoms with van der Waals surface area (Å²) in [4.78, 5) is 7.96.